The highest BCUT2D eigenvalue weighted by Gasteiger charge is 2.51. The predicted molar refractivity (Wildman–Crippen MR) is 83.4 cm³/mol. The number of methoxy groups -OCH3 is 1. The number of carbonyl (C=O) groups excluding carboxylic acids is 3. The van der Waals surface area contributed by atoms with Crippen molar-refractivity contribution >= 4 is 35.1 Å². The average Bonchev–Trinajstić information content (AvgIpc) is 3.04. The monoisotopic (exact) mass is 337 g/mol. The summed E-state index contributed by atoms with van der Waals surface area (Å²) in [5.41, 5.74) is -0.328. The number of hydrogen-bond donors (Lipinski definition) is 2. The van der Waals surface area contributed by atoms with E-state index < -0.39 is 5.41 Å². The third-order valence-corrected chi connectivity index (χ3v) is 4.51. The highest BCUT2D eigenvalue weighted by molar-refractivity contribution is 6.31. The van der Waals surface area contributed by atoms with E-state index in [1.807, 2.05) is 0 Å². The molecule has 0 radical (unpaired) electrons. The third kappa shape index (κ3) is 2.84. The lowest BCUT2D eigenvalue weighted by Gasteiger charge is -2.21. The number of nitrogens with one attached hydrogen (secondary N) is 2. The van der Waals surface area contributed by atoms with Gasteiger partial charge in [-0.2, -0.15) is 0 Å². The van der Waals surface area contributed by atoms with E-state index in [1.54, 1.807) is 18.2 Å². The molecule has 122 valence electrons. The Morgan fingerprint density at radius 3 is 2.87 bits per heavy atom. The van der Waals surface area contributed by atoms with Crippen LogP contribution in [0.5, 0.6) is 5.75 Å². The van der Waals surface area contributed by atoms with E-state index in [2.05, 4.69) is 10.6 Å². The predicted octanol–water partition coefficient (Wildman–Crippen LogP) is 1.62. The van der Waals surface area contributed by atoms with Gasteiger partial charge in [0.05, 0.1) is 18.2 Å². The third-order valence-electron chi connectivity index (χ3n) is 4.28. The zero-order valence-corrected chi connectivity index (χ0v) is 13.3. The Balaban J connectivity index is 1.72. The molecule has 2 aliphatic heterocycles. The summed E-state index contributed by atoms with van der Waals surface area (Å²) >= 11 is 5.94. The number of nitrogens with zero attached hydrogens (tertiary/aromatic N) is 1. The molecule has 0 saturated carbocycles. The molecule has 0 aromatic heterocycles. The van der Waals surface area contributed by atoms with Crippen molar-refractivity contribution in [3.63, 3.8) is 0 Å². The van der Waals surface area contributed by atoms with E-state index in [1.165, 1.54) is 12.0 Å². The Morgan fingerprint density at radius 2 is 2.22 bits per heavy atom. The number of anilines is 1. The second-order valence-electron chi connectivity index (χ2n) is 5.78. The fourth-order valence-electron chi connectivity index (χ4n) is 3.04. The van der Waals surface area contributed by atoms with Gasteiger partial charge in [-0.15, -0.1) is 0 Å². The van der Waals surface area contributed by atoms with Crippen molar-refractivity contribution in [1.29, 1.82) is 0 Å². The molecule has 2 aliphatic rings. The van der Waals surface area contributed by atoms with E-state index in [0.29, 0.717) is 29.4 Å². The molecule has 7 nitrogen and oxygen atoms in total. The van der Waals surface area contributed by atoms with Gasteiger partial charge in [0.1, 0.15) is 5.75 Å². The van der Waals surface area contributed by atoms with Gasteiger partial charge in [-0.25, -0.2) is 4.79 Å². The van der Waals surface area contributed by atoms with Gasteiger partial charge >= 0.3 is 6.03 Å². The van der Waals surface area contributed by atoms with E-state index in [0.717, 1.165) is 0 Å². The van der Waals surface area contributed by atoms with Crippen LogP contribution >= 0.6 is 11.6 Å². The molecular weight excluding hydrogens is 322 g/mol. The van der Waals surface area contributed by atoms with E-state index in [9.17, 15) is 14.4 Å². The first-order valence-corrected chi connectivity index (χ1v) is 7.55. The number of amides is 4. The van der Waals surface area contributed by atoms with Gasteiger partial charge < -0.3 is 15.0 Å². The molecule has 1 atom stereocenters. The minimum absolute atomic E-state index is 0.135. The van der Waals surface area contributed by atoms with Gasteiger partial charge in [0.2, 0.25) is 11.8 Å². The van der Waals surface area contributed by atoms with Crippen molar-refractivity contribution < 1.29 is 19.1 Å². The highest BCUT2D eigenvalue weighted by atomic mass is 35.5. The molecule has 0 bridgehead atoms. The van der Waals surface area contributed by atoms with Crippen LogP contribution in [0.3, 0.4) is 0 Å². The molecule has 2 N–H and O–H groups in total. The van der Waals surface area contributed by atoms with Crippen LogP contribution in [-0.2, 0) is 9.59 Å². The quantitative estimate of drug-likeness (QED) is 0.803. The molecule has 2 fully saturated rings. The molecule has 2 heterocycles. The summed E-state index contributed by atoms with van der Waals surface area (Å²) in [6.07, 6.45) is 0.612. The van der Waals surface area contributed by atoms with Crippen LogP contribution in [0.1, 0.15) is 12.8 Å². The molecule has 2 saturated heterocycles. The first-order valence-electron chi connectivity index (χ1n) is 7.17. The lowest BCUT2D eigenvalue weighted by molar-refractivity contribution is -0.128. The minimum Gasteiger partial charge on any atom is -0.495 e. The standard InChI is InChI=1S/C15H16ClN3O4/c1-23-11-3-2-9(16)6-10(11)17-14(22)19-5-4-15(8-19)7-12(20)18-13(15)21/h2-3,6H,4-5,7-8H2,1H3,(H,17,22)(H,18,20,21)/t15-/m1/s1. The zero-order chi connectivity index (χ0) is 16.6. The van der Waals surface area contributed by atoms with Crippen molar-refractivity contribution in [3.8, 4) is 5.75 Å². The number of urea groups is 1. The summed E-state index contributed by atoms with van der Waals surface area (Å²) in [6, 6.07) is 4.56. The second kappa shape index (κ2) is 5.73. The normalized spacial score (nSPS) is 23.3. The van der Waals surface area contributed by atoms with Crippen molar-refractivity contribution in [2.45, 2.75) is 12.8 Å². The Bertz CT molecular complexity index is 693. The summed E-state index contributed by atoms with van der Waals surface area (Å²) in [6.45, 7) is 0.634. The van der Waals surface area contributed by atoms with Crippen LogP contribution in [0.4, 0.5) is 10.5 Å². The van der Waals surface area contributed by atoms with Crippen molar-refractivity contribution in [2.75, 3.05) is 25.5 Å². The molecule has 3 rings (SSSR count). The number of likely N-dealkylation sites (tertiary alicyclic amines) is 1. The lowest BCUT2D eigenvalue weighted by Crippen LogP contribution is -2.38. The number of ether oxygens (including phenoxy) is 1. The Labute approximate surface area is 137 Å². The Morgan fingerprint density at radius 1 is 1.43 bits per heavy atom. The molecule has 4 amide bonds. The van der Waals surface area contributed by atoms with Crippen LogP contribution in [-0.4, -0.2) is 42.9 Å². The van der Waals surface area contributed by atoms with Gasteiger partial charge in [0, 0.05) is 24.5 Å². The molecule has 0 aliphatic carbocycles. The molecule has 1 aromatic rings. The van der Waals surface area contributed by atoms with Crippen LogP contribution in [0.15, 0.2) is 18.2 Å². The number of benzene rings is 1. The van der Waals surface area contributed by atoms with Crippen LogP contribution in [0.25, 0.3) is 0 Å². The number of hydrogen-bond acceptors (Lipinski definition) is 4. The van der Waals surface area contributed by atoms with Gasteiger partial charge in [0.15, 0.2) is 0 Å². The minimum atomic E-state index is -0.785. The molecule has 1 spiro atoms. The molecule has 8 heteroatoms. The molecular formula is C15H16ClN3O4. The zero-order valence-electron chi connectivity index (χ0n) is 12.5. The number of carbonyl (C=O) groups is 3. The van der Waals surface area contributed by atoms with Crippen molar-refractivity contribution in [1.82, 2.24) is 10.2 Å². The Hall–Kier alpha value is -2.28. The SMILES string of the molecule is COc1ccc(Cl)cc1NC(=O)N1CC[C@@]2(CC(=O)NC2=O)C1. The fraction of sp³-hybridized carbons (Fsp3) is 0.400. The summed E-state index contributed by atoms with van der Waals surface area (Å²) < 4.78 is 5.19. The Kier molecular flexibility index (Phi) is 3.89. The highest BCUT2D eigenvalue weighted by Crippen LogP contribution is 2.38. The molecule has 0 unspecified atom stereocenters. The molecule has 1 aromatic carbocycles. The van der Waals surface area contributed by atoms with E-state index in [4.69, 9.17) is 16.3 Å². The largest absolute Gasteiger partial charge is 0.495 e. The lowest BCUT2D eigenvalue weighted by atomic mass is 9.85. The maximum Gasteiger partial charge on any atom is 0.321 e. The van der Waals surface area contributed by atoms with E-state index in [-0.39, 0.29) is 30.8 Å². The first-order chi connectivity index (χ1) is 10.9. The fourth-order valence-corrected chi connectivity index (χ4v) is 3.21. The van der Waals surface area contributed by atoms with Gasteiger partial charge in [-0.05, 0) is 24.6 Å². The number of rotatable bonds is 2. The maximum atomic E-state index is 12.4. The summed E-state index contributed by atoms with van der Waals surface area (Å²) in [4.78, 5) is 37.3. The summed E-state index contributed by atoms with van der Waals surface area (Å²) in [5, 5.41) is 5.52. The second-order valence-corrected chi connectivity index (χ2v) is 6.22. The number of halogens is 1. The first kappa shape index (κ1) is 15.6. The van der Waals surface area contributed by atoms with Crippen LogP contribution < -0.4 is 15.4 Å². The smallest absolute Gasteiger partial charge is 0.321 e. The molecule has 23 heavy (non-hydrogen) atoms. The maximum absolute atomic E-state index is 12.4. The number of imide groups is 1. The van der Waals surface area contributed by atoms with Crippen LogP contribution in [0, 0.1) is 5.41 Å². The van der Waals surface area contributed by atoms with Gasteiger partial charge in [-0.1, -0.05) is 11.6 Å². The van der Waals surface area contributed by atoms with Gasteiger partial charge in [0.25, 0.3) is 0 Å². The van der Waals surface area contributed by atoms with Crippen LogP contribution in [0.2, 0.25) is 5.02 Å². The summed E-state index contributed by atoms with van der Waals surface area (Å²) in [7, 11) is 1.50. The topological polar surface area (TPSA) is 87.7 Å². The van der Waals surface area contributed by atoms with E-state index >= 15 is 0 Å². The summed E-state index contributed by atoms with van der Waals surface area (Å²) in [5.74, 6) is -0.0858. The van der Waals surface area contributed by atoms with Crippen molar-refractivity contribution in [3.05, 3.63) is 23.2 Å². The van der Waals surface area contributed by atoms with Crippen molar-refractivity contribution in [2.24, 2.45) is 5.41 Å². The average molecular weight is 338 g/mol. The van der Waals surface area contributed by atoms with Gasteiger partial charge in [-0.3, -0.25) is 14.9 Å².